The molecule has 5 rings (SSSR count). The van der Waals surface area contributed by atoms with Gasteiger partial charge in [-0.15, -0.1) is 5.10 Å². The van der Waals surface area contributed by atoms with Gasteiger partial charge in [-0.3, -0.25) is 0 Å². The molecule has 0 spiro atoms. The highest BCUT2D eigenvalue weighted by Gasteiger charge is 2.58. The predicted octanol–water partition coefficient (Wildman–Crippen LogP) is 4.86. The highest BCUT2D eigenvalue weighted by Crippen LogP contribution is 2.66. The second kappa shape index (κ2) is 6.30. The van der Waals surface area contributed by atoms with Crippen LogP contribution in [-0.2, 0) is 0 Å². The zero-order valence-corrected chi connectivity index (χ0v) is 17.3. The van der Waals surface area contributed by atoms with Crippen molar-refractivity contribution in [2.24, 2.45) is 40.9 Å². The standard InChI is InChI=1S/C23H37N3O/c1-15(26-13-12-24-25-26)20-6-7-21-19-5-4-16-14-22(2,27)10-8-17(16)18(19)9-11-23(20,21)3/h12-13,15-21,27H,4-11,14H2,1-3H3/t15-,16-,17+,18-,19-,20-,21+,22-,23-/m1/s1. The van der Waals surface area contributed by atoms with Gasteiger partial charge in [-0.25, -0.2) is 4.68 Å². The number of hydrogen-bond donors (Lipinski definition) is 1. The molecule has 0 bridgehead atoms. The summed E-state index contributed by atoms with van der Waals surface area (Å²) in [5.74, 6) is 5.16. The van der Waals surface area contributed by atoms with Gasteiger partial charge in [-0.2, -0.15) is 0 Å². The lowest BCUT2D eigenvalue weighted by molar-refractivity contribution is -0.102. The van der Waals surface area contributed by atoms with Crippen molar-refractivity contribution < 1.29 is 5.11 Å². The molecule has 0 radical (unpaired) electrons. The summed E-state index contributed by atoms with van der Waals surface area (Å²) in [6.07, 6.45) is 15.5. The van der Waals surface area contributed by atoms with Crippen molar-refractivity contribution >= 4 is 0 Å². The molecule has 150 valence electrons. The molecule has 4 saturated carbocycles. The Kier molecular flexibility index (Phi) is 4.24. The van der Waals surface area contributed by atoms with E-state index in [0.717, 1.165) is 48.3 Å². The molecule has 0 unspecified atom stereocenters. The fraction of sp³-hybridized carbons (Fsp3) is 0.913. The molecule has 1 heterocycles. The van der Waals surface area contributed by atoms with Crippen molar-refractivity contribution in [1.82, 2.24) is 15.0 Å². The van der Waals surface area contributed by atoms with Crippen molar-refractivity contribution in [2.45, 2.75) is 90.2 Å². The molecule has 0 aromatic carbocycles. The van der Waals surface area contributed by atoms with Gasteiger partial charge in [0, 0.05) is 6.20 Å². The molecule has 27 heavy (non-hydrogen) atoms. The minimum atomic E-state index is -0.400. The molecule has 0 saturated heterocycles. The van der Waals surface area contributed by atoms with Crippen molar-refractivity contribution in [3.05, 3.63) is 12.4 Å². The Morgan fingerprint density at radius 3 is 2.59 bits per heavy atom. The normalized spacial score (nSPS) is 50.5. The third kappa shape index (κ3) is 2.81. The Morgan fingerprint density at radius 2 is 1.81 bits per heavy atom. The fourth-order valence-electron chi connectivity index (χ4n) is 8.53. The van der Waals surface area contributed by atoms with E-state index in [1.807, 2.05) is 12.4 Å². The van der Waals surface area contributed by atoms with Crippen LogP contribution in [0.1, 0.15) is 84.6 Å². The van der Waals surface area contributed by atoms with Crippen LogP contribution in [0, 0.1) is 40.9 Å². The Morgan fingerprint density at radius 1 is 1.00 bits per heavy atom. The van der Waals surface area contributed by atoms with E-state index < -0.39 is 5.60 Å². The zero-order chi connectivity index (χ0) is 18.8. The van der Waals surface area contributed by atoms with Gasteiger partial charge in [0.15, 0.2) is 0 Å². The van der Waals surface area contributed by atoms with E-state index in [0.29, 0.717) is 11.5 Å². The van der Waals surface area contributed by atoms with Crippen LogP contribution in [-0.4, -0.2) is 25.7 Å². The molecule has 1 N–H and O–H groups in total. The smallest absolute Gasteiger partial charge is 0.0693 e. The number of hydrogen-bond acceptors (Lipinski definition) is 3. The van der Waals surface area contributed by atoms with Crippen LogP contribution in [0.4, 0.5) is 0 Å². The maximum absolute atomic E-state index is 10.6. The summed E-state index contributed by atoms with van der Waals surface area (Å²) in [5, 5.41) is 19.0. The molecule has 1 aromatic heterocycles. The van der Waals surface area contributed by atoms with Crippen LogP contribution >= 0.6 is 0 Å². The summed E-state index contributed by atoms with van der Waals surface area (Å²) >= 11 is 0. The molecule has 4 nitrogen and oxygen atoms in total. The van der Waals surface area contributed by atoms with E-state index >= 15 is 0 Å². The second-order valence-electron chi connectivity index (χ2n) is 11.0. The maximum atomic E-state index is 10.6. The predicted molar refractivity (Wildman–Crippen MR) is 106 cm³/mol. The van der Waals surface area contributed by atoms with E-state index in [2.05, 4.69) is 35.8 Å². The first-order valence-corrected chi connectivity index (χ1v) is 11.5. The number of aliphatic hydroxyl groups is 1. The van der Waals surface area contributed by atoms with Gasteiger partial charge in [0.25, 0.3) is 0 Å². The number of aromatic nitrogens is 3. The van der Waals surface area contributed by atoms with Gasteiger partial charge in [0.2, 0.25) is 0 Å². The molecule has 4 fully saturated rings. The van der Waals surface area contributed by atoms with Gasteiger partial charge in [0.1, 0.15) is 0 Å². The average Bonchev–Trinajstić information content (AvgIpc) is 3.27. The molecule has 4 aliphatic carbocycles. The van der Waals surface area contributed by atoms with E-state index in [9.17, 15) is 5.11 Å². The minimum absolute atomic E-state index is 0.400. The molecule has 9 atom stereocenters. The third-order valence-electron chi connectivity index (χ3n) is 9.75. The molecule has 4 heteroatoms. The van der Waals surface area contributed by atoms with Crippen molar-refractivity contribution in [1.29, 1.82) is 0 Å². The Bertz CT molecular complexity index is 671. The first-order chi connectivity index (χ1) is 12.9. The van der Waals surface area contributed by atoms with Crippen molar-refractivity contribution in [3.8, 4) is 0 Å². The number of fused-ring (bicyclic) bond motifs is 5. The molecule has 1 aromatic rings. The summed E-state index contributed by atoms with van der Waals surface area (Å²) in [6, 6.07) is 0.458. The van der Waals surface area contributed by atoms with Crippen LogP contribution in [0.15, 0.2) is 12.4 Å². The Balaban J connectivity index is 1.36. The summed E-state index contributed by atoms with van der Waals surface area (Å²) in [7, 11) is 0. The zero-order valence-electron chi connectivity index (χ0n) is 17.3. The first-order valence-electron chi connectivity index (χ1n) is 11.5. The molecule has 0 aliphatic heterocycles. The SMILES string of the molecule is C[C@H]([C@H]1CC[C@H]2[C@@H]3CC[C@@H]4C[C@](C)(O)CC[C@@H]4[C@H]3CC[C@]12C)n1ccnn1. The summed E-state index contributed by atoms with van der Waals surface area (Å²) in [6.45, 7) is 7.04. The average molecular weight is 372 g/mol. The van der Waals surface area contributed by atoms with Gasteiger partial charge in [-0.05, 0) is 113 Å². The first kappa shape index (κ1) is 18.1. The lowest BCUT2D eigenvalue weighted by atomic mass is 9.49. The lowest BCUT2D eigenvalue weighted by Gasteiger charge is -2.57. The summed E-state index contributed by atoms with van der Waals surface area (Å²) < 4.78 is 2.10. The monoisotopic (exact) mass is 371 g/mol. The lowest BCUT2D eigenvalue weighted by Crippen LogP contribution is -2.50. The molecule has 4 aliphatic rings. The highest BCUT2D eigenvalue weighted by molar-refractivity contribution is 5.07. The Hall–Kier alpha value is -0.900. The number of nitrogens with zero attached hydrogens (tertiary/aromatic N) is 3. The second-order valence-corrected chi connectivity index (χ2v) is 11.0. The van der Waals surface area contributed by atoms with E-state index in [-0.39, 0.29) is 0 Å². The largest absolute Gasteiger partial charge is 0.390 e. The van der Waals surface area contributed by atoms with E-state index in [1.165, 1.54) is 44.9 Å². The topological polar surface area (TPSA) is 50.9 Å². The fourth-order valence-corrected chi connectivity index (χ4v) is 8.53. The van der Waals surface area contributed by atoms with Crippen LogP contribution in [0.25, 0.3) is 0 Å². The van der Waals surface area contributed by atoms with Crippen LogP contribution in [0.2, 0.25) is 0 Å². The quantitative estimate of drug-likeness (QED) is 0.808. The van der Waals surface area contributed by atoms with Crippen molar-refractivity contribution in [2.75, 3.05) is 0 Å². The van der Waals surface area contributed by atoms with Crippen LogP contribution in [0.3, 0.4) is 0 Å². The summed E-state index contributed by atoms with van der Waals surface area (Å²) in [4.78, 5) is 0. The highest BCUT2D eigenvalue weighted by atomic mass is 16.3. The Labute approximate surface area is 164 Å². The molecule has 0 amide bonds. The minimum Gasteiger partial charge on any atom is -0.390 e. The maximum Gasteiger partial charge on any atom is 0.0693 e. The molecular weight excluding hydrogens is 334 g/mol. The van der Waals surface area contributed by atoms with Gasteiger partial charge < -0.3 is 5.11 Å². The third-order valence-corrected chi connectivity index (χ3v) is 9.75. The van der Waals surface area contributed by atoms with Gasteiger partial charge in [-0.1, -0.05) is 12.1 Å². The van der Waals surface area contributed by atoms with Gasteiger partial charge >= 0.3 is 0 Å². The van der Waals surface area contributed by atoms with Gasteiger partial charge in [0.05, 0.1) is 17.8 Å². The molecular formula is C23H37N3O. The number of rotatable bonds is 2. The van der Waals surface area contributed by atoms with E-state index in [1.54, 1.807) is 0 Å². The van der Waals surface area contributed by atoms with Crippen LogP contribution < -0.4 is 0 Å². The van der Waals surface area contributed by atoms with Crippen molar-refractivity contribution in [3.63, 3.8) is 0 Å². The van der Waals surface area contributed by atoms with Crippen LogP contribution in [0.5, 0.6) is 0 Å². The van der Waals surface area contributed by atoms with E-state index in [4.69, 9.17) is 0 Å². The summed E-state index contributed by atoms with van der Waals surface area (Å²) in [5.41, 5.74) is 0.0718.